The van der Waals surface area contributed by atoms with E-state index in [0.29, 0.717) is 0 Å². The van der Waals surface area contributed by atoms with Crippen molar-refractivity contribution in [2.75, 3.05) is 0 Å². The maximum Gasteiger partial charge on any atom is 0.335 e. The Kier molecular flexibility index (Phi) is 1.40. The lowest BCUT2D eigenvalue weighted by atomic mass is 9.82. The number of esters is 1. The van der Waals surface area contributed by atoms with Gasteiger partial charge in [-0.2, -0.15) is 0 Å². The van der Waals surface area contributed by atoms with E-state index in [9.17, 15) is 4.79 Å². The molecule has 0 aromatic heterocycles. The summed E-state index contributed by atoms with van der Waals surface area (Å²) in [5, 5.41) is 0. The summed E-state index contributed by atoms with van der Waals surface area (Å²) in [7, 11) is 0. The number of fused-ring (bicyclic) bond motifs is 1. The maximum absolute atomic E-state index is 11.3. The lowest BCUT2D eigenvalue weighted by molar-refractivity contribution is -0.144. The molecular weight excluding hydrogens is 152 g/mol. The monoisotopic (exact) mass is 164 g/mol. The van der Waals surface area contributed by atoms with Crippen LogP contribution in [0.5, 0.6) is 0 Å². The molecule has 1 fully saturated rings. The van der Waals surface area contributed by atoms with Crippen LogP contribution in [0.2, 0.25) is 0 Å². The van der Waals surface area contributed by atoms with Gasteiger partial charge in [0, 0.05) is 11.5 Å². The molecular formula is C10H12O2. The van der Waals surface area contributed by atoms with Crippen LogP contribution < -0.4 is 0 Å². The number of cyclic esters (lactones) is 1. The zero-order chi connectivity index (χ0) is 8.77. The number of hydrogen-bond acceptors (Lipinski definition) is 2. The normalized spacial score (nSPS) is 31.0. The number of carbonyl (C=O) groups excluding carboxylic acids is 1. The Morgan fingerprint density at radius 1 is 1.58 bits per heavy atom. The summed E-state index contributed by atoms with van der Waals surface area (Å²) in [5.74, 6) is 0.115. The maximum atomic E-state index is 11.3. The minimum Gasteiger partial charge on any atom is -0.456 e. The summed E-state index contributed by atoms with van der Waals surface area (Å²) < 4.78 is 5.25. The first-order valence-electron chi connectivity index (χ1n) is 4.21. The van der Waals surface area contributed by atoms with Gasteiger partial charge in [-0.05, 0) is 20.3 Å². The van der Waals surface area contributed by atoms with Gasteiger partial charge in [0.2, 0.25) is 0 Å². The average molecular weight is 164 g/mol. The lowest BCUT2D eigenvalue weighted by Gasteiger charge is -2.24. The SMILES string of the molecule is CC1(C)OC(=O)C2=CC=CC[C@H]21. The molecule has 2 nitrogen and oxygen atoms in total. The molecule has 0 radical (unpaired) electrons. The van der Waals surface area contributed by atoms with E-state index in [1.54, 1.807) is 0 Å². The third kappa shape index (κ3) is 0.909. The largest absolute Gasteiger partial charge is 0.456 e. The van der Waals surface area contributed by atoms with Crippen LogP contribution in [0.4, 0.5) is 0 Å². The smallest absolute Gasteiger partial charge is 0.335 e. The molecule has 1 aliphatic carbocycles. The topological polar surface area (TPSA) is 26.3 Å². The summed E-state index contributed by atoms with van der Waals surface area (Å²) in [6.07, 6.45) is 6.79. The highest BCUT2D eigenvalue weighted by Gasteiger charge is 2.45. The van der Waals surface area contributed by atoms with E-state index in [1.165, 1.54) is 0 Å². The number of carbonyl (C=O) groups is 1. The van der Waals surface area contributed by atoms with Crippen LogP contribution in [0.1, 0.15) is 20.3 Å². The molecule has 1 heterocycles. The van der Waals surface area contributed by atoms with Crippen molar-refractivity contribution in [2.24, 2.45) is 5.92 Å². The molecule has 0 saturated carbocycles. The number of allylic oxidation sites excluding steroid dienone is 3. The van der Waals surface area contributed by atoms with Gasteiger partial charge in [0.25, 0.3) is 0 Å². The van der Waals surface area contributed by atoms with Crippen LogP contribution in [0, 0.1) is 5.92 Å². The molecule has 2 rings (SSSR count). The van der Waals surface area contributed by atoms with Crippen LogP contribution >= 0.6 is 0 Å². The van der Waals surface area contributed by atoms with Gasteiger partial charge in [-0.1, -0.05) is 18.2 Å². The molecule has 1 aliphatic heterocycles. The molecule has 0 bridgehead atoms. The Morgan fingerprint density at radius 2 is 2.33 bits per heavy atom. The predicted octanol–water partition coefficient (Wildman–Crippen LogP) is 1.82. The highest BCUT2D eigenvalue weighted by Crippen LogP contribution is 2.40. The van der Waals surface area contributed by atoms with Crippen molar-refractivity contribution in [3.63, 3.8) is 0 Å². The molecule has 0 N–H and O–H groups in total. The van der Waals surface area contributed by atoms with Crippen molar-refractivity contribution >= 4 is 5.97 Å². The second-order valence-electron chi connectivity index (χ2n) is 3.83. The van der Waals surface area contributed by atoms with Crippen LogP contribution in [0.3, 0.4) is 0 Å². The summed E-state index contributed by atoms with van der Waals surface area (Å²) in [5.41, 5.74) is 0.524. The average Bonchev–Trinajstić information content (AvgIpc) is 2.25. The summed E-state index contributed by atoms with van der Waals surface area (Å²) in [6.45, 7) is 3.94. The summed E-state index contributed by atoms with van der Waals surface area (Å²) in [6, 6.07) is 0. The highest BCUT2D eigenvalue weighted by atomic mass is 16.6. The Labute approximate surface area is 71.9 Å². The third-order valence-electron chi connectivity index (χ3n) is 2.59. The van der Waals surface area contributed by atoms with Crippen molar-refractivity contribution in [1.29, 1.82) is 0 Å². The van der Waals surface area contributed by atoms with Crippen molar-refractivity contribution in [3.8, 4) is 0 Å². The van der Waals surface area contributed by atoms with Crippen LogP contribution in [0.15, 0.2) is 23.8 Å². The van der Waals surface area contributed by atoms with Crippen molar-refractivity contribution in [2.45, 2.75) is 25.9 Å². The standard InChI is InChI=1S/C10H12O2/c1-10(2)8-6-4-3-5-7(8)9(11)12-10/h3-5,8H,6H2,1-2H3/t8-/m1/s1. The van der Waals surface area contributed by atoms with Gasteiger partial charge in [0.05, 0.1) is 0 Å². The van der Waals surface area contributed by atoms with Gasteiger partial charge < -0.3 is 4.74 Å². The Balaban J connectivity index is 2.41. The Hall–Kier alpha value is -1.05. The molecule has 64 valence electrons. The van der Waals surface area contributed by atoms with Gasteiger partial charge in [0.1, 0.15) is 5.60 Å². The second-order valence-corrected chi connectivity index (χ2v) is 3.83. The minimum absolute atomic E-state index is 0.144. The van der Waals surface area contributed by atoms with Crippen molar-refractivity contribution < 1.29 is 9.53 Å². The van der Waals surface area contributed by atoms with E-state index in [1.807, 2.05) is 26.0 Å². The molecule has 0 aromatic carbocycles. The predicted molar refractivity (Wildman–Crippen MR) is 45.5 cm³/mol. The molecule has 2 heteroatoms. The molecule has 0 aromatic rings. The van der Waals surface area contributed by atoms with Gasteiger partial charge in [-0.15, -0.1) is 0 Å². The molecule has 0 amide bonds. The zero-order valence-electron chi connectivity index (χ0n) is 7.33. The van der Waals surface area contributed by atoms with Gasteiger partial charge in [-0.3, -0.25) is 0 Å². The molecule has 2 aliphatic rings. The quantitative estimate of drug-likeness (QED) is 0.510. The van der Waals surface area contributed by atoms with Crippen molar-refractivity contribution in [1.82, 2.24) is 0 Å². The van der Waals surface area contributed by atoms with E-state index < -0.39 is 0 Å². The summed E-state index contributed by atoms with van der Waals surface area (Å²) in [4.78, 5) is 11.3. The molecule has 0 unspecified atom stereocenters. The van der Waals surface area contributed by atoms with E-state index in [4.69, 9.17) is 4.74 Å². The van der Waals surface area contributed by atoms with Crippen LogP contribution in [-0.4, -0.2) is 11.6 Å². The van der Waals surface area contributed by atoms with Crippen LogP contribution in [-0.2, 0) is 9.53 Å². The van der Waals surface area contributed by atoms with E-state index in [0.717, 1.165) is 12.0 Å². The highest BCUT2D eigenvalue weighted by molar-refractivity contribution is 5.92. The van der Waals surface area contributed by atoms with E-state index in [2.05, 4.69) is 6.08 Å². The fourth-order valence-corrected chi connectivity index (χ4v) is 1.87. The Bertz CT molecular complexity index is 284. The molecule has 1 atom stereocenters. The van der Waals surface area contributed by atoms with E-state index in [-0.39, 0.29) is 17.5 Å². The zero-order valence-corrected chi connectivity index (χ0v) is 7.33. The van der Waals surface area contributed by atoms with Gasteiger partial charge >= 0.3 is 5.97 Å². The first-order valence-corrected chi connectivity index (χ1v) is 4.21. The number of ether oxygens (including phenoxy) is 1. The van der Waals surface area contributed by atoms with Gasteiger partial charge in [0.15, 0.2) is 0 Å². The van der Waals surface area contributed by atoms with E-state index >= 15 is 0 Å². The summed E-state index contributed by atoms with van der Waals surface area (Å²) >= 11 is 0. The fourth-order valence-electron chi connectivity index (χ4n) is 1.87. The first kappa shape index (κ1) is 7.59. The molecule has 0 spiro atoms. The first-order chi connectivity index (χ1) is 5.61. The number of rotatable bonds is 0. The fraction of sp³-hybridized carbons (Fsp3) is 0.500. The van der Waals surface area contributed by atoms with Gasteiger partial charge in [-0.25, -0.2) is 4.79 Å². The Morgan fingerprint density at radius 3 is 3.00 bits per heavy atom. The molecule has 1 saturated heterocycles. The lowest BCUT2D eigenvalue weighted by Crippen LogP contribution is -2.27. The third-order valence-corrected chi connectivity index (χ3v) is 2.59. The van der Waals surface area contributed by atoms with Crippen molar-refractivity contribution in [3.05, 3.63) is 23.8 Å². The number of hydrogen-bond donors (Lipinski definition) is 0. The second kappa shape index (κ2) is 2.22. The molecule has 12 heavy (non-hydrogen) atoms. The van der Waals surface area contributed by atoms with Crippen LogP contribution in [0.25, 0.3) is 0 Å². The minimum atomic E-state index is -0.312.